The number of aromatic amines is 1. The summed E-state index contributed by atoms with van der Waals surface area (Å²) in [5, 5.41) is 2.66. The van der Waals surface area contributed by atoms with Crippen molar-refractivity contribution >= 4 is 38.7 Å². The van der Waals surface area contributed by atoms with Crippen molar-refractivity contribution in [3.8, 4) is 0 Å². The molecule has 2 aromatic rings. The van der Waals surface area contributed by atoms with Gasteiger partial charge < -0.3 is 10.3 Å². The van der Waals surface area contributed by atoms with Gasteiger partial charge in [-0.15, -0.1) is 0 Å². The zero-order chi connectivity index (χ0) is 10.1. The molecular formula is C8H7BrN4O. The van der Waals surface area contributed by atoms with Crippen LogP contribution in [0.25, 0.3) is 11.2 Å². The molecule has 0 saturated heterocycles. The largest absolute Gasteiger partial charge is 0.343 e. The first-order chi connectivity index (χ1) is 6.66. The van der Waals surface area contributed by atoms with Crippen molar-refractivity contribution in [2.45, 2.75) is 6.92 Å². The molecule has 0 atom stereocenters. The molecule has 2 heterocycles. The average molecular weight is 255 g/mol. The molecular weight excluding hydrogens is 248 g/mol. The standard InChI is InChI=1S/C8H7BrN4O/c1-4(14)12-5-2-10-8-7(5)13-6(9)3-11-8/h2-3H,1H3,(H,10,11)(H,12,14). The first-order valence-electron chi connectivity index (χ1n) is 3.94. The summed E-state index contributed by atoms with van der Waals surface area (Å²) >= 11 is 3.22. The number of hydrogen-bond acceptors (Lipinski definition) is 3. The van der Waals surface area contributed by atoms with E-state index in [2.05, 4.69) is 36.2 Å². The molecule has 2 aromatic heterocycles. The third-order valence-electron chi connectivity index (χ3n) is 1.66. The number of carbonyl (C=O) groups is 1. The fourth-order valence-corrected chi connectivity index (χ4v) is 1.43. The van der Waals surface area contributed by atoms with Crippen molar-refractivity contribution < 1.29 is 4.79 Å². The SMILES string of the molecule is CC(=O)Nc1c[nH]c2ncc(Br)nc12. The molecule has 0 aliphatic heterocycles. The number of amides is 1. The zero-order valence-electron chi connectivity index (χ0n) is 7.34. The second kappa shape index (κ2) is 3.38. The van der Waals surface area contributed by atoms with E-state index >= 15 is 0 Å². The maximum Gasteiger partial charge on any atom is 0.221 e. The predicted molar refractivity (Wildman–Crippen MR) is 55.9 cm³/mol. The maximum atomic E-state index is 10.9. The molecule has 0 aliphatic rings. The van der Waals surface area contributed by atoms with Gasteiger partial charge in [0, 0.05) is 13.1 Å². The van der Waals surface area contributed by atoms with Crippen LogP contribution in [0.2, 0.25) is 0 Å². The first-order valence-corrected chi connectivity index (χ1v) is 4.73. The molecule has 72 valence electrons. The van der Waals surface area contributed by atoms with Crippen molar-refractivity contribution in [2.75, 3.05) is 5.32 Å². The number of aromatic nitrogens is 3. The Morgan fingerprint density at radius 3 is 3.14 bits per heavy atom. The van der Waals surface area contributed by atoms with Crippen LogP contribution in [0.5, 0.6) is 0 Å². The third kappa shape index (κ3) is 1.60. The minimum atomic E-state index is -0.132. The van der Waals surface area contributed by atoms with Gasteiger partial charge in [-0.25, -0.2) is 9.97 Å². The number of fused-ring (bicyclic) bond motifs is 1. The Balaban J connectivity index is 2.55. The molecule has 0 saturated carbocycles. The van der Waals surface area contributed by atoms with Crippen molar-refractivity contribution in [1.29, 1.82) is 0 Å². The normalized spacial score (nSPS) is 10.4. The molecule has 14 heavy (non-hydrogen) atoms. The number of hydrogen-bond donors (Lipinski definition) is 2. The summed E-state index contributed by atoms with van der Waals surface area (Å²) in [7, 11) is 0. The average Bonchev–Trinajstić information content (AvgIpc) is 2.47. The summed E-state index contributed by atoms with van der Waals surface area (Å²) < 4.78 is 0.635. The monoisotopic (exact) mass is 254 g/mol. The first kappa shape index (κ1) is 9.14. The van der Waals surface area contributed by atoms with E-state index in [4.69, 9.17) is 0 Å². The van der Waals surface area contributed by atoms with Crippen LogP contribution in [0.15, 0.2) is 17.0 Å². The number of carbonyl (C=O) groups excluding carboxylic acids is 1. The summed E-state index contributed by atoms with van der Waals surface area (Å²) in [5.41, 5.74) is 1.94. The van der Waals surface area contributed by atoms with E-state index in [1.807, 2.05) is 0 Å². The molecule has 0 spiro atoms. The molecule has 6 heteroatoms. The number of halogens is 1. The summed E-state index contributed by atoms with van der Waals surface area (Å²) in [4.78, 5) is 22.1. The smallest absolute Gasteiger partial charge is 0.221 e. The molecule has 0 radical (unpaired) electrons. The summed E-state index contributed by atoms with van der Waals surface area (Å²) in [6.07, 6.45) is 3.26. The molecule has 0 aliphatic carbocycles. The van der Waals surface area contributed by atoms with Crippen molar-refractivity contribution in [3.63, 3.8) is 0 Å². The van der Waals surface area contributed by atoms with Crippen molar-refractivity contribution in [2.24, 2.45) is 0 Å². The van der Waals surface area contributed by atoms with Crippen LogP contribution >= 0.6 is 15.9 Å². The Morgan fingerprint density at radius 1 is 1.64 bits per heavy atom. The Labute approximate surface area is 88.1 Å². The minimum Gasteiger partial charge on any atom is -0.343 e. The van der Waals surface area contributed by atoms with E-state index in [0.29, 0.717) is 21.5 Å². The van der Waals surface area contributed by atoms with Crippen LogP contribution in [0.1, 0.15) is 6.92 Å². The fourth-order valence-electron chi connectivity index (χ4n) is 1.15. The van der Waals surface area contributed by atoms with Crippen LogP contribution in [0.3, 0.4) is 0 Å². The maximum absolute atomic E-state index is 10.9. The van der Waals surface area contributed by atoms with Gasteiger partial charge in [0.05, 0.1) is 11.9 Å². The van der Waals surface area contributed by atoms with Crippen LogP contribution in [0, 0.1) is 0 Å². The molecule has 0 aromatic carbocycles. The summed E-state index contributed by atoms with van der Waals surface area (Å²) in [6.45, 7) is 1.45. The number of H-pyrrole nitrogens is 1. The van der Waals surface area contributed by atoms with E-state index in [-0.39, 0.29) is 5.91 Å². The lowest BCUT2D eigenvalue weighted by Crippen LogP contribution is -2.05. The van der Waals surface area contributed by atoms with E-state index in [1.54, 1.807) is 12.4 Å². The summed E-state index contributed by atoms with van der Waals surface area (Å²) in [6, 6.07) is 0. The molecule has 0 fully saturated rings. The second-order valence-electron chi connectivity index (χ2n) is 2.77. The van der Waals surface area contributed by atoms with Gasteiger partial charge in [0.2, 0.25) is 5.91 Å². The number of rotatable bonds is 1. The van der Waals surface area contributed by atoms with Crippen LogP contribution in [-0.4, -0.2) is 20.9 Å². The van der Waals surface area contributed by atoms with Crippen LogP contribution < -0.4 is 5.32 Å². The quantitative estimate of drug-likeness (QED) is 0.814. The Bertz CT molecular complexity index is 493. The highest BCUT2D eigenvalue weighted by atomic mass is 79.9. The van der Waals surface area contributed by atoms with E-state index in [0.717, 1.165) is 0 Å². The van der Waals surface area contributed by atoms with Gasteiger partial charge >= 0.3 is 0 Å². The minimum absolute atomic E-state index is 0.132. The third-order valence-corrected chi connectivity index (χ3v) is 2.04. The van der Waals surface area contributed by atoms with E-state index < -0.39 is 0 Å². The van der Waals surface area contributed by atoms with E-state index in [1.165, 1.54) is 6.92 Å². The Hall–Kier alpha value is -1.43. The van der Waals surface area contributed by atoms with Gasteiger partial charge in [-0.3, -0.25) is 4.79 Å². The Kier molecular flexibility index (Phi) is 2.20. The van der Waals surface area contributed by atoms with Gasteiger partial charge in [-0.1, -0.05) is 0 Å². The van der Waals surface area contributed by atoms with Gasteiger partial charge in [0.1, 0.15) is 10.1 Å². The lowest BCUT2D eigenvalue weighted by molar-refractivity contribution is -0.114. The van der Waals surface area contributed by atoms with E-state index in [9.17, 15) is 4.79 Å². The highest BCUT2D eigenvalue weighted by Crippen LogP contribution is 2.20. The van der Waals surface area contributed by atoms with Crippen LogP contribution in [-0.2, 0) is 4.79 Å². The van der Waals surface area contributed by atoms with Crippen molar-refractivity contribution in [1.82, 2.24) is 15.0 Å². The lowest BCUT2D eigenvalue weighted by atomic mass is 10.4. The molecule has 0 bridgehead atoms. The molecule has 5 nitrogen and oxygen atoms in total. The molecule has 2 rings (SSSR count). The van der Waals surface area contributed by atoms with Gasteiger partial charge in [-0.2, -0.15) is 0 Å². The van der Waals surface area contributed by atoms with Crippen LogP contribution in [0.4, 0.5) is 5.69 Å². The second-order valence-corrected chi connectivity index (χ2v) is 3.59. The van der Waals surface area contributed by atoms with Gasteiger partial charge in [0.15, 0.2) is 5.65 Å². The topological polar surface area (TPSA) is 70.7 Å². The zero-order valence-corrected chi connectivity index (χ0v) is 8.92. The fraction of sp³-hybridized carbons (Fsp3) is 0.125. The predicted octanol–water partition coefficient (Wildman–Crippen LogP) is 1.68. The Morgan fingerprint density at radius 2 is 2.43 bits per heavy atom. The number of nitrogens with one attached hydrogen (secondary N) is 2. The van der Waals surface area contributed by atoms with Crippen molar-refractivity contribution in [3.05, 3.63) is 17.0 Å². The highest BCUT2D eigenvalue weighted by Gasteiger charge is 2.07. The molecule has 0 unspecified atom stereocenters. The number of nitrogens with zero attached hydrogens (tertiary/aromatic N) is 2. The van der Waals surface area contributed by atoms with Gasteiger partial charge in [0.25, 0.3) is 0 Å². The molecule has 2 N–H and O–H groups in total. The highest BCUT2D eigenvalue weighted by molar-refractivity contribution is 9.10. The number of anilines is 1. The summed E-state index contributed by atoms with van der Waals surface area (Å²) in [5.74, 6) is -0.132. The molecule has 1 amide bonds. The van der Waals surface area contributed by atoms with Gasteiger partial charge in [-0.05, 0) is 15.9 Å². The lowest BCUT2D eigenvalue weighted by Gasteiger charge is -1.97.